The van der Waals surface area contributed by atoms with Crippen LogP contribution >= 0.6 is 0 Å². The first kappa shape index (κ1) is 16.1. The summed E-state index contributed by atoms with van der Waals surface area (Å²) < 4.78 is 7.03. The van der Waals surface area contributed by atoms with Gasteiger partial charge in [0.05, 0.1) is 11.3 Å². The largest absolute Gasteiger partial charge is 0.448 e. The van der Waals surface area contributed by atoms with Crippen molar-refractivity contribution in [3.8, 4) is 5.69 Å². The summed E-state index contributed by atoms with van der Waals surface area (Å²) in [4.78, 5) is 24.8. The predicted molar refractivity (Wildman–Crippen MR) is 96.3 cm³/mol. The van der Waals surface area contributed by atoms with E-state index in [1.54, 1.807) is 23.0 Å². The number of rotatable bonds is 3. The molecule has 0 spiro atoms. The molecule has 0 aliphatic carbocycles. The van der Waals surface area contributed by atoms with Crippen molar-refractivity contribution in [1.29, 1.82) is 0 Å². The number of esters is 1. The van der Waals surface area contributed by atoms with Gasteiger partial charge in [0.1, 0.15) is 0 Å². The van der Waals surface area contributed by atoms with Gasteiger partial charge in [-0.05, 0) is 42.3 Å². The van der Waals surface area contributed by atoms with Crippen molar-refractivity contribution in [2.45, 2.75) is 19.4 Å². The quantitative estimate of drug-likeness (QED) is 0.740. The Balaban J connectivity index is 1.56. The summed E-state index contributed by atoms with van der Waals surface area (Å²) in [6.07, 6.45) is 3.05. The second-order valence-corrected chi connectivity index (χ2v) is 6.19. The van der Waals surface area contributed by atoms with Crippen LogP contribution in [0.1, 0.15) is 21.5 Å². The molecular formula is C20H17N3O3. The molecule has 0 unspecified atom stereocenters. The van der Waals surface area contributed by atoms with Crippen LogP contribution in [0.25, 0.3) is 5.69 Å². The molecule has 3 aromatic rings. The number of carbonyl (C=O) groups excluding carboxylic acids is 2. The van der Waals surface area contributed by atoms with Crippen LogP contribution in [-0.4, -0.2) is 27.8 Å². The van der Waals surface area contributed by atoms with Crippen molar-refractivity contribution < 1.29 is 14.3 Å². The van der Waals surface area contributed by atoms with Crippen molar-refractivity contribution >= 4 is 17.6 Å². The molecule has 0 bridgehead atoms. The van der Waals surface area contributed by atoms with E-state index < -0.39 is 12.1 Å². The lowest BCUT2D eigenvalue weighted by Crippen LogP contribution is -2.38. The Bertz CT molecular complexity index is 980. The summed E-state index contributed by atoms with van der Waals surface area (Å²) in [7, 11) is 0. The standard InChI is InChI=1S/C20H17N3O3/c1-13-7-8-15(23-10-4-9-21-23)12-17(13)22-19(24)18-11-14-5-2-3-6-16(14)20(25)26-18/h2-10,12,18H,11H2,1H3,(H,22,24)/t18-/m1/s1. The number of cyclic esters (lactones) is 1. The molecule has 130 valence electrons. The average Bonchev–Trinajstić information content (AvgIpc) is 3.18. The van der Waals surface area contributed by atoms with Crippen molar-refractivity contribution in [1.82, 2.24) is 9.78 Å². The number of hydrogen-bond acceptors (Lipinski definition) is 4. The molecule has 0 fully saturated rings. The number of carbonyl (C=O) groups is 2. The minimum absolute atomic E-state index is 0.339. The van der Waals surface area contributed by atoms with E-state index in [0.717, 1.165) is 16.8 Å². The predicted octanol–water partition coefficient (Wildman–Crippen LogP) is 2.90. The third-order valence-electron chi connectivity index (χ3n) is 4.43. The minimum atomic E-state index is -0.842. The highest BCUT2D eigenvalue weighted by molar-refractivity contribution is 6.00. The molecule has 1 aliphatic heterocycles. The van der Waals surface area contributed by atoms with E-state index in [4.69, 9.17) is 4.74 Å². The molecule has 1 atom stereocenters. The van der Waals surface area contributed by atoms with E-state index in [2.05, 4.69) is 10.4 Å². The second kappa shape index (κ2) is 6.48. The van der Waals surface area contributed by atoms with Crippen LogP contribution in [0.3, 0.4) is 0 Å². The third kappa shape index (κ3) is 2.97. The van der Waals surface area contributed by atoms with Crippen molar-refractivity contribution in [3.63, 3.8) is 0 Å². The van der Waals surface area contributed by atoms with Crippen molar-refractivity contribution in [3.05, 3.63) is 77.6 Å². The maximum atomic E-state index is 12.7. The molecule has 1 amide bonds. The number of aryl methyl sites for hydroxylation is 1. The number of benzene rings is 2. The molecule has 0 saturated heterocycles. The fraction of sp³-hybridized carbons (Fsp3) is 0.150. The van der Waals surface area contributed by atoms with Gasteiger partial charge in [-0.2, -0.15) is 5.10 Å². The fourth-order valence-electron chi connectivity index (χ4n) is 3.00. The molecule has 0 saturated carbocycles. The zero-order valence-corrected chi connectivity index (χ0v) is 14.2. The molecule has 4 rings (SSSR count). The highest BCUT2D eigenvalue weighted by atomic mass is 16.5. The van der Waals surface area contributed by atoms with Crippen LogP contribution in [-0.2, 0) is 16.0 Å². The summed E-state index contributed by atoms with van der Waals surface area (Å²) in [6.45, 7) is 1.91. The highest BCUT2D eigenvalue weighted by Crippen LogP contribution is 2.23. The summed E-state index contributed by atoms with van der Waals surface area (Å²) in [5.41, 5.74) is 3.76. The van der Waals surface area contributed by atoms with E-state index in [1.165, 1.54) is 0 Å². The second-order valence-electron chi connectivity index (χ2n) is 6.19. The molecule has 0 radical (unpaired) electrons. The minimum Gasteiger partial charge on any atom is -0.448 e. The molecule has 1 aromatic heterocycles. The van der Waals surface area contributed by atoms with Gasteiger partial charge in [0.25, 0.3) is 5.91 Å². The van der Waals surface area contributed by atoms with Crippen LogP contribution in [0.2, 0.25) is 0 Å². The number of hydrogen-bond donors (Lipinski definition) is 1. The molecule has 1 aliphatic rings. The molecule has 1 N–H and O–H groups in total. The van der Waals surface area contributed by atoms with Gasteiger partial charge in [-0.15, -0.1) is 0 Å². The van der Waals surface area contributed by atoms with Crippen molar-refractivity contribution in [2.75, 3.05) is 5.32 Å². The van der Waals surface area contributed by atoms with Crippen LogP contribution in [0.5, 0.6) is 0 Å². The van der Waals surface area contributed by atoms with E-state index in [-0.39, 0.29) is 5.91 Å². The normalized spacial score (nSPS) is 15.9. The molecule has 6 heteroatoms. The fourth-order valence-corrected chi connectivity index (χ4v) is 3.00. The van der Waals surface area contributed by atoms with E-state index in [0.29, 0.717) is 17.7 Å². The van der Waals surface area contributed by atoms with Gasteiger partial charge >= 0.3 is 5.97 Å². The number of ether oxygens (including phenoxy) is 1. The summed E-state index contributed by atoms with van der Waals surface area (Å²) >= 11 is 0. The summed E-state index contributed by atoms with van der Waals surface area (Å²) in [5, 5.41) is 7.07. The van der Waals surface area contributed by atoms with Gasteiger partial charge in [-0.3, -0.25) is 4.79 Å². The van der Waals surface area contributed by atoms with Gasteiger partial charge < -0.3 is 10.1 Å². The van der Waals surface area contributed by atoms with Crippen molar-refractivity contribution in [2.24, 2.45) is 0 Å². The smallest absolute Gasteiger partial charge is 0.339 e. The molecule has 26 heavy (non-hydrogen) atoms. The Kier molecular flexibility index (Phi) is 4.01. The maximum absolute atomic E-state index is 12.7. The highest BCUT2D eigenvalue weighted by Gasteiger charge is 2.31. The van der Waals surface area contributed by atoms with Crippen LogP contribution < -0.4 is 5.32 Å². The monoisotopic (exact) mass is 347 g/mol. The number of anilines is 1. The van der Waals surface area contributed by atoms with Crippen LogP contribution in [0.4, 0.5) is 5.69 Å². The maximum Gasteiger partial charge on any atom is 0.339 e. The first-order chi connectivity index (χ1) is 12.6. The summed E-state index contributed by atoms with van der Waals surface area (Å²) in [6, 6.07) is 14.7. The molecule has 6 nitrogen and oxygen atoms in total. The number of aromatic nitrogens is 2. The van der Waals surface area contributed by atoms with Gasteiger partial charge in [0.2, 0.25) is 0 Å². The van der Waals surface area contributed by atoms with Crippen LogP contribution in [0.15, 0.2) is 60.9 Å². The Labute approximate surface area is 150 Å². The summed E-state index contributed by atoms with van der Waals surface area (Å²) in [5.74, 6) is -0.803. The third-order valence-corrected chi connectivity index (χ3v) is 4.43. The zero-order chi connectivity index (χ0) is 18.1. The first-order valence-electron chi connectivity index (χ1n) is 8.32. The van der Waals surface area contributed by atoms with E-state index in [9.17, 15) is 9.59 Å². The number of nitrogens with zero attached hydrogens (tertiary/aromatic N) is 2. The lowest BCUT2D eigenvalue weighted by Gasteiger charge is -2.24. The molecular weight excluding hydrogens is 330 g/mol. The lowest BCUT2D eigenvalue weighted by molar-refractivity contribution is -0.125. The Morgan fingerprint density at radius 2 is 2.08 bits per heavy atom. The Morgan fingerprint density at radius 3 is 2.88 bits per heavy atom. The topological polar surface area (TPSA) is 73.2 Å². The van der Waals surface area contributed by atoms with Gasteiger partial charge in [0.15, 0.2) is 6.10 Å². The van der Waals surface area contributed by atoms with Gasteiger partial charge in [-0.1, -0.05) is 24.3 Å². The zero-order valence-electron chi connectivity index (χ0n) is 14.2. The van der Waals surface area contributed by atoms with E-state index in [1.807, 2.05) is 49.5 Å². The number of fused-ring (bicyclic) bond motifs is 1. The Hall–Kier alpha value is -3.41. The van der Waals surface area contributed by atoms with Gasteiger partial charge in [-0.25, -0.2) is 9.48 Å². The first-order valence-corrected chi connectivity index (χ1v) is 8.32. The number of nitrogens with one attached hydrogen (secondary N) is 1. The van der Waals surface area contributed by atoms with Gasteiger partial charge in [0, 0.05) is 24.5 Å². The van der Waals surface area contributed by atoms with Crippen LogP contribution in [0, 0.1) is 6.92 Å². The number of amides is 1. The Morgan fingerprint density at radius 1 is 1.23 bits per heavy atom. The molecule has 2 aromatic carbocycles. The lowest BCUT2D eigenvalue weighted by atomic mass is 9.98. The molecule has 2 heterocycles. The van der Waals surface area contributed by atoms with E-state index >= 15 is 0 Å². The SMILES string of the molecule is Cc1ccc(-n2cccn2)cc1NC(=O)[C@H]1Cc2ccccc2C(=O)O1. The average molecular weight is 347 g/mol.